The van der Waals surface area contributed by atoms with Crippen LogP contribution in [0.5, 0.6) is 0 Å². The smallest absolute Gasteiger partial charge is 0.254 e. The maximum absolute atomic E-state index is 13.4. The van der Waals surface area contributed by atoms with E-state index in [-0.39, 0.29) is 17.5 Å². The second kappa shape index (κ2) is 5.19. The molecule has 1 amide bonds. The summed E-state index contributed by atoms with van der Waals surface area (Å²) in [7, 11) is 0. The Hall–Kier alpha value is -2.69. The van der Waals surface area contributed by atoms with E-state index in [1.165, 1.54) is 36.4 Å². The minimum absolute atomic E-state index is 0.125. The SMILES string of the molecule is O=C(c1ccc(F)cc1)N1CCc2c([nH]c3ccc(F)cc23)C1. The van der Waals surface area contributed by atoms with Crippen LogP contribution in [-0.4, -0.2) is 22.3 Å². The Morgan fingerprint density at radius 1 is 1.04 bits per heavy atom. The van der Waals surface area contributed by atoms with Crippen LogP contribution in [0.1, 0.15) is 21.6 Å². The molecule has 2 aromatic carbocycles. The number of H-pyrrole nitrogens is 1. The van der Waals surface area contributed by atoms with Gasteiger partial charge in [0.25, 0.3) is 5.91 Å². The highest BCUT2D eigenvalue weighted by molar-refractivity contribution is 5.94. The zero-order valence-corrected chi connectivity index (χ0v) is 12.3. The average molecular weight is 312 g/mol. The zero-order valence-electron chi connectivity index (χ0n) is 12.3. The van der Waals surface area contributed by atoms with Crippen molar-refractivity contribution in [2.24, 2.45) is 0 Å². The number of rotatable bonds is 1. The molecule has 5 heteroatoms. The number of carbonyl (C=O) groups excluding carboxylic acids is 1. The molecule has 1 N–H and O–H groups in total. The summed E-state index contributed by atoms with van der Waals surface area (Å²) in [5.41, 5.74) is 3.36. The van der Waals surface area contributed by atoms with E-state index in [1.807, 2.05) is 0 Å². The third-order valence-electron chi connectivity index (χ3n) is 4.32. The van der Waals surface area contributed by atoms with E-state index in [9.17, 15) is 13.6 Å². The van der Waals surface area contributed by atoms with Gasteiger partial charge >= 0.3 is 0 Å². The summed E-state index contributed by atoms with van der Waals surface area (Å²) in [6, 6.07) is 10.2. The molecule has 0 spiro atoms. The van der Waals surface area contributed by atoms with E-state index in [0.717, 1.165) is 22.2 Å². The van der Waals surface area contributed by atoms with Crippen molar-refractivity contribution >= 4 is 16.8 Å². The lowest BCUT2D eigenvalue weighted by Gasteiger charge is -2.27. The minimum Gasteiger partial charge on any atom is -0.357 e. The van der Waals surface area contributed by atoms with Gasteiger partial charge in [0.15, 0.2) is 0 Å². The van der Waals surface area contributed by atoms with Crippen LogP contribution in [0.25, 0.3) is 10.9 Å². The van der Waals surface area contributed by atoms with E-state index in [2.05, 4.69) is 4.98 Å². The van der Waals surface area contributed by atoms with Gasteiger partial charge in [-0.15, -0.1) is 0 Å². The van der Waals surface area contributed by atoms with Crippen molar-refractivity contribution in [2.45, 2.75) is 13.0 Å². The molecule has 1 aliphatic rings. The summed E-state index contributed by atoms with van der Waals surface area (Å²) in [6.07, 6.45) is 0.672. The van der Waals surface area contributed by atoms with Crippen molar-refractivity contribution in [3.8, 4) is 0 Å². The molecule has 0 unspecified atom stereocenters. The van der Waals surface area contributed by atoms with Crippen molar-refractivity contribution in [3.63, 3.8) is 0 Å². The van der Waals surface area contributed by atoms with Gasteiger partial charge in [-0.25, -0.2) is 8.78 Å². The molecular formula is C18H14F2N2O. The molecule has 0 aliphatic carbocycles. The number of benzene rings is 2. The van der Waals surface area contributed by atoms with Crippen LogP contribution < -0.4 is 0 Å². The quantitative estimate of drug-likeness (QED) is 0.731. The van der Waals surface area contributed by atoms with Gasteiger partial charge in [0.1, 0.15) is 11.6 Å². The lowest BCUT2D eigenvalue weighted by molar-refractivity contribution is 0.0733. The number of halogens is 2. The van der Waals surface area contributed by atoms with Crippen molar-refractivity contribution in [3.05, 3.63) is 70.9 Å². The van der Waals surface area contributed by atoms with E-state index in [1.54, 1.807) is 11.0 Å². The highest BCUT2D eigenvalue weighted by Crippen LogP contribution is 2.28. The van der Waals surface area contributed by atoms with Gasteiger partial charge in [0, 0.05) is 28.7 Å². The van der Waals surface area contributed by atoms with Crippen LogP contribution in [0.2, 0.25) is 0 Å². The predicted octanol–water partition coefficient (Wildman–Crippen LogP) is 3.64. The first-order valence-corrected chi connectivity index (χ1v) is 7.45. The highest BCUT2D eigenvalue weighted by Gasteiger charge is 2.24. The second-order valence-corrected chi connectivity index (χ2v) is 5.76. The third kappa shape index (κ3) is 2.38. The number of aromatic nitrogens is 1. The molecule has 2 heterocycles. The maximum Gasteiger partial charge on any atom is 0.254 e. The van der Waals surface area contributed by atoms with Crippen LogP contribution in [0, 0.1) is 11.6 Å². The first-order valence-electron chi connectivity index (χ1n) is 7.45. The Balaban J connectivity index is 1.65. The largest absolute Gasteiger partial charge is 0.357 e. The Morgan fingerprint density at radius 3 is 2.57 bits per heavy atom. The Labute approximate surface area is 131 Å². The molecule has 0 radical (unpaired) electrons. The van der Waals surface area contributed by atoms with Gasteiger partial charge < -0.3 is 9.88 Å². The fourth-order valence-electron chi connectivity index (χ4n) is 3.16. The average Bonchev–Trinajstić information content (AvgIpc) is 2.92. The number of amides is 1. The summed E-state index contributed by atoms with van der Waals surface area (Å²) in [5.74, 6) is -0.746. The van der Waals surface area contributed by atoms with Crippen molar-refractivity contribution in [1.29, 1.82) is 0 Å². The fourth-order valence-corrected chi connectivity index (χ4v) is 3.16. The molecular weight excluding hydrogens is 298 g/mol. The lowest BCUT2D eigenvalue weighted by Crippen LogP contribution is -2.35. The number of carbonyl (C=O) groups is 1. The van der Waals surface area contributed by atoms with Gasteiger partial charge in [-0.2, -0.15) is 0 Å². The number of fused-ring (bicyclic) bond motifs is 3. The van der Waals surface area contributed by atoms with E-state index in [4.69, 9.17) is 0 Å². The van der Waals surface area contributed by atoms with E-state index >= 15 is 0 Å². The van der Waals surface area contributed by atoms with E-state index in [0.29, 0.717) is 25.1 Å². The summed E-state index contributed by atoms with van der Waals surface area (Å²) < 4.78 is 26.4. The Morgan fingerprint density at radius 2 is 1.78 bits per heavy atom. The summed E-state index contributed by atoms with van der Waals surface area (Å²) >= 11 is 0. The first-order chi connectivity index (χ1) is 11.1. The lowest BCUT2D eigenvalue weighted by atomic mass is 10.0. The third-order valence-corrected chi connectivity index (χ3v) is 4.32. The number of nitrogens with one attached hydrogen (secondary N) is 1. The molecule has 1 aromatic heterocycles. The standard InChI is InChI=1S/C18H14F2N2O/c19-12-3-1-11(2-4-12)18(23)22-8-7-14-15-9-13(20)5-6-16(15)21-17(14)10-22/h1-6,9,21H,7-8,10H2. The Bertz CT molecular complexity index is 899. The van der Waals surface area contributed by atoms with Crippen molar-refractivity contribution in [2.75, 3.05) is 6.54 Å². The summed E-state index contributed by atoms with van der Waals surface area (Å²) in [5, 5.41) is 0.883. The number of aromatic amines is 1. The maximum atomic E-state index is 13.4. The normalized spacial score (nSPS) is 14.1. The van der Waals surface area contributed by atoms with Gasteiger partial charge in [-0.1, -0.05) is 0 Å². The van der Waals surface area contributed by atoms with Crippen LogP contribution in [0.4, 0.5) is 8.78 Å². The molecule has 0 fully saturated rings. The van der Waals surface area contributed by atoms with Gasteiger partial charge in [-0.3, -0.25) is 4.79 Å². The Kier molecular flexibility index (Phi) is 3.15. The molecule has 1 aliphatic heterocycles. The zero-order chi connectivity index (χ0) is 16.0. The predicted molar refractivity (Wildman–Crippen MR) is 83.1 cm³/mol. The number of hydrogen-bond acceptors (Lipinski definition) is 1. The van der Waals surface area contributed by atoms with Gasteiger partial charge in [0.05, 0.1) is 6.54 Å². The van der Waals surface area contributed by atoms with Gasteiger partial charge in [-0.05, 0) is 54.4 Å². The molecule has 116 valence electrons. The molecule has 0 atom stereocenters. The number of hydrogen-bond donors (Lipinski definition) is 1. The molecule has 23 heavy (non-hydrogen) atoms. The van der Waals surface area contributed by atoms with Crippen molar-refractivity contribution < 1.29 is 13.6 Å². The molecule has 0 saturated carbocycles. The minimum atomic E-state index is -0.361. The van der Waals surface area contributed by atoms with Crippen molar-refractivity contribution in [1.82, 2.24) is 9.88 Å². The summed E-state index contributed by atoms with van der Waals surface area (Å²) in [4.78, 5) is 17.5. The monoisotopic (exact) mass is 312 g/mol. The second-order valence-electron chi connectivity index (χ2n) is 5.76. The van der Waals surface area contributed by atoms with Crippen LogP contribution in [-0.2, 0) is 13.0 Å². The fraction of sp³-hybridized carbons (Fsp3) is 0.167. The van der Waals surface area contributed by atoms with E-state index < -0.39 is 0 Å². The molecule has 3 aromatic rings. The highest BCUT2D eigenvalue weighted by atomic mass is 19.1. The van der Waals surface area contributed by atoms with Crippen LogP contribution in [0.3, 0.4) is 0 Å². The molecule has 0 saturated heterocycles. The van der Waals surface area contributed by atoms with Gasteiger partial charge in [0.2, 0.25) is 0 Å². The summed E-state index contributed by atoms with van der Waals surface area (Å²) in [6.45, 7) is 1.01. The number of nitrogens with zero attached hydrogens (tertiary/aromatic N) is 1. The topological polar surface area (TPSA) is 36.1 Å². The molecule has 4 rings (SSSR count). The van der Waals surface area contributed by atoms with Crippen LogP contribution in [0.15, 0.2) is 42.5 Å². The van der Waals surface area contributed by atoms with Crippen LogP contribution >= 0.6 is 0 Å². The first kappa shape index (κ1) is 13.9. The molecule has 3 nitrogen and oxygen atoms in total. The molecule has 0 bridgehead atoms.